The van der Waals surface area contributed by atoms with Crippen molar-refractivity contribution in [3.05, 3.63) is 44.1 Å². The van der Waals surface area contributed by atoms with Crippen LogP contribution in [0, 0.1) is 6.92 Å². The van der Waals surface area contributed by atoms with E-state index in [9.17, 15) is 5.11 Å². The van der Waals surface area contributed by atoms with Crippen molar-refractivity contribution in [3.8, 4) is 5.75 Å². The van der Waals surface area contributed by atoms with Gasteiger partial charge in [-0.25, -0.2) is 0 Å². The van der Waals surface area contributed by atoms with Crippen molar-refractivity contribution in [3.63, 3.8) is 0 Å². The van der Waals surface area contributed by atoms with Crippen molar-refractivity contribution in [1.82, 2.24) is 9.78 Å². The number of aryl methyl sites for hydroxylation is 2. The molecule has 0 saturated heterocycles. The van der Waals surface area contributed by atoms with Crippen LogP contribution in [0.25, 0.3) is 0 Å². The summed E-state index contributed by atoms with van der Waals surface area (Å²) in [6.07, 6.45) is 0. The topological polar surface area (TPSA) is 47.3 Å². The number of aromatic nitrogens is 2. The molecule has 2 rings (SSSR count). The average molecular weight is 404 g/mol. The highest BCUT2D eigenvalue weighted by Crippen LogP contribution is 2.31. The molecule has 1 aromatic carbocycles. The van der Waals surface area contributed by atoms with Crippen LogP contribution in [-0.2, 0) is 19.8 Å². The summed E-state index contributed by atoms with van der Waals surface area (Å²) in [7, 11) is 0. The predicted octanol–water partition coefficient (Wildman–Crippen LogP) is 3.81. The minimum absolute atomic E-state index is 0.0536. The molecule has 1 aromatic heterocycles. The van der Waals surface area contributed by atoms with Crippen molar-refractivity contribution < 1.29 is 9.84 Å². The van der Waals surface area contributed by atoms with Gasteiger partial charge in [0.25, 0.3) is 0 Å². The number of aliphatic hydroxyl groups is 1. The van der Waals surface area contributed by atoms with E-state index in [-0.39, 0.29) is 6.61 Å². The predicted molar refractivity (Wildman–Crippen MR) is 84.7 cm³/mol. The van der Waals surface area contributed by atoms with Gasteiger partial charge in [0.1, 0.15) is 12.4 Å². The van der Waals surface area contributed by atoms with Crippen molar-refractivity contribution in [2.75, 3.05) is 0 Å². The molecular formula is C14H16Br2N2O2. The summed E-state index contributed by atoms with van der Waals surface area (Å²) in [4.78, 5) is 0. The summed E-state index contributed by atoms with van der Waals surface area (Å²) in [5, 5.41) is 13.8. The Morgan fingerprint density at radius 3 is 2.75 bits per heavy atom. The van der Waals surface area contributed by atoms with E-state index in [1.807, 2.05) is 36.7 Å². The first-order valence-electron chi connectivity index (χ1n) is 6.31. The van der Waals surface area contributed by atoms with Crippen molar-refractivity contribution >= 4 is 31.9 Å². The Hall–Kier alpha value is -0.850. The minimum atomic E-state index is -0.0536. The van der Waals surface area contributed by atoms with Gasteiger partial charge in [-0.2, -0.15) is 5.10 Å². The zero-order chi connectivity index (χ0) is 14.7. The van der Waals surface area contributed by atoms with Gasteiger partial charge in [0.2, 0.25) is 0 Å². The van der Waals surface area contributed by atoms with E-state index in [0.29, 0.717) is 12.4 Å². The van der Waals surface area contributed by atoms with E-state index in [1.165, 1.54) is 0 Å². The number of benzene rings is 1. The van der Waals surface area contributed by atoms with E-state index >= 15 is 0 Å². The Labute approximate surface area is 135 Å². The van der Waals surface area contributed by atoms with Crippen LogP contribution in [-0.4, -0.2) is 14.9 Å². The summed E-state index contributed by atoms with van der Waals surface area (Å²) in [5.41, 5.74) is 2.69. The second-order valence-electron chi connectivity index (χ2n) is 4.34. The molecule has 0 aliphatic heterocycles. The number of hydrogen-bond acceptors (Lipinski definition) is 3. The second-order valence-corrected chi connectivity index (χ2v) is 5.98. The van der Waals surface area contributed by atoms with Crippen molar-refractivity contribution in [2.24, 2.45) is 0 Å². The number of para-hydroxylation sites is 1. The smallest absolute Gasteiger partial charge is 0.139 e. The SMILES string of the molecule is CCn1nc(C)c(Br)c1COc1c(Br)cccc1CO. The molecule has 2 aromatic rings. The number of aliphatic hydroxyl groups excluding tert-OH is 1. The standard InChI is InChI=1S/C14H16Br2N2O2/c1-3-18-12(13(16)9(2)17-18)8-20-14-10(7-19)5-4-6-11(14)15/h4-6,19H,3,7-8H2,1-2H3. The third kappa shape index (κ3) is 3.07. The Balaban J connectivity index is 2.25. The maximum Gasteiger partial charge on any atom is 0.139 e. The van der Waals surface area contributed by atoms with Gasteiger partial charge in [0, 0.05) is 12.1 Å². The lowest BCUT2D eigenvalue weighted by Crippen LogP contribution is -2.07. The van der Waals surface area contributed by atoms with Gasteiger partial charge in [0.15, 0.2) is 0 Å². The number of halogens is 2. The fourth-order valence-electron chi connectivity index (χ4n) is 1.99. The maximum atomic E-state index is 9.37. The van der Waals surface area contributed by atoms with Gasteiger partial charge in [0.05, 0.1) is 26.9 Å². The van der Waals surface area contributed by atoms with Crippen LogP contribution < -0.4 is 4.74 Å². The molecular weight excluding hydrogens is 388 g/mol. The van der Waals surface area contributed by atoms with Gasteiger partial charge in [-0.3, -0.25) is 4.68 Å². The quantitative estimate of drug-likeness (QED) is 0.825. The molecule has 20 heavy (non-hydrogen) atoms. The van der Waals surface area contributed by atoms with Crippen molar-refractivity contribution in [2.45, 2.75) is 33.6 Å². The van der Waals surface area contributed by atoms with E-state index in [2.05, 4.69) is 37.0 Å². The van der Waals surface area contributed by atoms with Gasteiger partial charge < -0.3 is 9.84 Å². The van der Waals surface area contributed by atoms with Gasteiger partial charge in [-0.05, 0) is 51.8 Å². The summed E-state index contributed by atoms with van der Waals surface area (Å²) in [5.74, 6) is 0.670. The molecule has 0 aliphatic carbocycles. The lowest BCUT2D eigenvalue weighted by molar-refractivity contribution is 0.253. The molecule has 0 radical (unpaired) electrons. The van der Waals surface area contributed by atoms with E-state index in [1.54, 1.807) is 0 Å². The van der Waals surface area contributed by atoms with Gasteiger partial charge >= 0.3 is 0 Å². The van der Waals surface area contributed by atoms with Crippen molar-refractivity contribution in [1.29, 1.82) is 0 Å². The van der Waals surface area contributed by atoms with Crippen LogP contribution >= 0.6 is 31.9 Å². The molecule has 108 valence electrons. The van der Waals surface area contributed by atoms with Crippen LogP contribution in [0.4, 0.5) is 0 Å². The Bertz CT molecular complexity index is 611. The zero-order valence-electron chi connectivity index (χ0n) is 11.4. The minimum Gasteiger partial charge on any atom is -0.486 e. The first-order valence-corrected chi connectivity index (χ1v) is 7.89. The molecule has 0 atom stereocenters. The second kappa shape index (κ2) is 6.74. The van der Waals surface area contributed by atoms with Crippen LogP contribution in [0.3, 0.4) is 0 Å². The fourth-order valence-corrected chi connectivity index (χ4v) is 2.91. The molecule has 4 nitrogen and oxygen atoms in total. The largest absolute Gasteiger partial charge is 0.486 e. The fraction of sp³-hybridized carbons (Fsp3) is 0.357. The number of hydrogen-bond donors (Lipinski definition) is 1. The lowest BCUT2D eigenvalue weighted by Gasteiger charge is -2.13. The highest BCUT2D eigenvalue weighted by molar-refractivity contribution is 9.10. The number of ether oxygens (including phenoxy) is 1. The molecule has 0 saturated carbocycles. The molecule has 1 heterocycles. The number of rotatable bonds is 5. The molecule has 0 fully saturated rings. The Morgan fingerprint density at radius 2 is 2.10 bits per heavy atom. The van der Waals surface area contributed by atoms with E-state index in [4.69, 9.17) is 4.74 Å². The first-order chi connectivity index (χ1) is 9.58. The lowest BCUT2D eigenvalue weighted by atomic mass is 10.2. The third-order valence-corrected chi connectivity index (χ3v) is 4.68. The highest BCUT2D eigenvalue weighted by Gasteiger charge is 2.14. The molecule has 6 heteroatoms. The molecule has 0 unspecified atom stereocenters. The molecule has 0 spiro atoms. The average Bonchev–Trinajstić information content (AvgIpc) is 2.72. The normalized spacial score (nSPS) is 10.8. The molecule has 0 bridgehead atoms. The Kier molecular flexibility index (Phi) is 5.23. The first kappa shape index (κ1) is 15.5. The Morgan fingerprint density at radius 1 is 1.35 bits per heavy atom. The molecule has 0 amide bonds. The third-order valence-electron chi connectivity index (χ3n) is 3.02. The van der Waals surface area contributed by atoms with E-state index < -0.39 is 0 Å². The summed E-state index contributed by atoms with van der Waals surface area (Å²) in [6.45, 7) is 5.12. The monoisotopic (exact) mass is 402 g/mol. The van der Waals surface area contributed by atoms with Gasteiger partial charge in [-0.15, -0.1) is 0 Å². The van der Waals surface area contributed by atoms with Crippen LogP contribution in [0.2, 0.25) is 0 Å². The van der Waals surface area contributed by atoms with Crippen LogP contribution in [0.1, 0.15) is 23.9 Å². The van der Waals surface area contributed by atoms with Crippen LogP contribution in [0.5, 0.6) is 5.75 Å². The number of nitrogens with zero attached hydrogens (tertiary/aromatic N) is 2. The van der Waals surface area contributed by atoms with Crippen LogP contribution in [0.15, 0.2) is 27.1 Å². The highest BCUT2D eigenvalue weighted by atomic mass is 79.9. The van der Waals surface area contributed by atoms with E-state index in [0.717, 1.165) is 32.4 Å². The molecule has 0 aliphatic rings. The summed E-state index contributed by atoms with van der Waals surface area (Å²) < 4.78 is 9.60. The van der Waals surface area contributed by atoms with Gasteiger partial charge in [-0.1, -0.05) is 12.1 Å². The zero-order valence-corrected chi connectivity index (χ0v) is 14.5. The maximum absolute atomic E-state index is 9.37. The molecule has 1 N–H and O–H groups in total. The summed E-state index contributed by atoms with van der Waals surface area (Å²) >= 11 is 7.00. The summed E-state index contributed by atoms with van der Waals surface area (Å²) in [6, 6.07) is 5.61.